The molecule has 34 heavy (non-hydrogen) atoms. The van der Waals surface area contributed by atoms with Gasteiger partial charge in [-0.3, -0.25) is 4.79 Å². The maximum atomic E-state index is 12.2. The Bertz CT molecular complexity index is 1250. The molecule has 1 fully saturated rings. The van der Waals surface area contributed by atoms with Gasteiger partial charge in [0.1, 0.15) is 36.4 Å². The molecule has 0 bridgehead atoms. The molecule has 1 atom stereocenters. The fourth-order valence-corrected chi connectivity index (χ4v) is 5.23. The van der Waals surface area contributed by atoms with Crippen molar-refractivity contribution in [2.75, 3.05) is 25.1 Å². The Morgan fingerprint density at radius 2 is 2.29 bits per heavy atom. The first kappa shape index (κ1) is 22.5. The summed E-state index contributed by atoms with van der Waals surface area (Å²) in [5.74, 6) is 1.79. The average molecular weight is 497 g/mol. The lowest BCUT2D eigenvalue weighted by Crippen LogP contribution is -2.40. The van der Waals surface area contributed by atoms with E-state index >= 15 is 0 Å². The minimum Gasteiger partial charge on any atom is -0.487 e. The molecule has 3 N–H and O–H groups in total. The second-order valence-electron chi connectivity index (χ2n) is 8.19. The number of aromatic nitrogens is 2. The fraction of sp³-hybridized carbons (Fsp3) is 0.292. The number of rotatable bonds is 6. The number of benzene rings is 1. The monoisotopic (exact) mass is 496 g/mol. The van der Waals surface area contributed by atoms with Gasteiger partial charge in [-0.1, -0.05) is 24.2 Å². The smallest absolute Gasteiger partial charge is 0.246 e. The van der Waals surface area contributed by atoms with E-state index in [0.717, 1.165) is 41.2 Å². The van der Waals surface area contributed by atoms with Gasteiger partial charge in [0.15, 0.2) is 0 Å². The van der Waals surface area contributed by atoms with Crippen LogP contribution in [-0.2, 0) is 11.4 Å². The third-order valence-corrected chi connectivity index (χ3v) is 7.19. The van der Waals surface area contributed by atoms with E-state index in [1.165, 1.54) is 6.08 Å². The number of carbonyl (C=O) groups is 1. The molecule has 2 aliphatic heterocycles. The molecule has 1 saturated heterocycles. The first-order valence-corrected chi connectivity index (χ1v) is 12.3. The van der Waals surface area contributed by atoms with Crippen LogP contribution in [0.25, 0.3) is 11.3 Å². The van der Waals surface area contributed by atoms with Gasteiger partial charge in [-0.05, 0) is 48.6 Å². The highest BCUT2D eigenvalue weighted by Crippen LogP contribution is 2.37. The van der Waals surface area contributed by atoms with Gasteiger partial charge in [0.05, 0.1) is 16.6 Å². The van der Waals surface area contributed by atoms with E-state index in [2.05, 4.69) is 16.9 Å². The van der Waals surface area contributed by atoms with Crippen LogP contribution in [0.2, 0.25) is 5.02 Å². The Hall–Kier alpha value is -3.30. The maximum absolute atomic E-state index is 12.2. The fourth-order valence-electron chi connectivity index (χ4n) is 4.38. The molecule has 2 aromatic heterocycles. The molecule has 5 rings (SSSR count). The summed E-state index contributed by atoms with van der Waals surface area (Å²) in [6.45, 7) is 5.74. The number of anilines is 1. The van der Waals surface area contributed by atoms with Crippen molar-refractivity contribution in [3.63, 3.8) is 0 Å². The highest BCUT2D eigenvalue weighted by atomic mass is 35.5. The summed E-state index contributed by atoms with van der Waals surface area (Å²) in [7, 11) is 0. The standard InChI is InChI=1S/C24H25ClN6O2S/c1-2-20(32)30-9-3-5-16(12-30)31-24-21(23(26)27-14-28-24)22(29-31)15-7-8-19(18(25)11-15)33-13-17-6-4-10-34-17/h2,4,6-8,10-11,16,28H,1,3,5,9,12-14H2,(H2,26,27)/t16-/m1/s1. The minimum atomic E-state index is -0.0649. The maximum Gasteiger partial charge on any atom is 0.246 e. The Morgan fingerprint density at radius 3 is 3.06 bits per heavy atom. The molecule has 0 saturated carbocycles. The third kappa shape index (κ3) is 4.28. The summed E-state index contributed by atoms with van der Waals surface area (Å²) in [4.78, 5) is 19.5. The molecular weight excluding hydrogens is 472 g/mol. The van der Waals surface area contributed by atoms with Gasteiger partial charge < -0.3 is 20.7 Å². The lowest BCUT2D eigenvalue weighted by atomic mass is 10.0. The summed E-state index contributed by atoms with van der Waals surface area (Å²) in [5, 5.41) is 10.8. The van der Waals surface area contributed by atoms with Crippen LogP contribution in [0.3, 0.4) is 0 Å². The van der Waals surface area contributed by atoms with E-state index in [9.17, 15) is 4.79 Å². The molecular formula is C24H25ClN6O2S. The van der Waals surface area contributed by atoms with Crippen molar-refractivity contribution >= 4 is 40.5 Å². The highest BCUT2D eigenvalue weighted by molar-refractivity contribution is 7.09. The predicted octanol–water partition coefficient (Wildman–Crippen LogP) is 4.28. The van der Waals surface area contributed by atoms with Gasteiger partial charge in [0.2, 0.25) is 5.91 Å². The van der Waals surface area contributed by atoms with Crippen molar-refractivity contribution in [3.8, 4) is 17.0 Å². The first-order valence-electron chi connectivity index (χ1n) is 11.1. The Morgan fingerprint density at radius 1 is 1.41 bits per heavy atom. The molecule has 8 nitrogen and oxygen atoms in total. The van der Waals surface area contributed by atoms with Crippen molar-refractivity contribution in [3.05, 3.63) is 63.8 Å². The molecule has 1 aromatic carbocycles. The number of nitrogens with two attached hydrogens (primary N) is 1. The van der Waals surface area contributed by atoms with Crippen LogP contribution >= 0.6 is 22.9 Å². The Balaban J connectivity index is 1.47. The van der Waals surface area contributed by atoms with Crippen LogP contribution < -0.4 is 15.8 Å². The van der Waals surface area contributed by atoms with Crippen LogP contribution in [-0.4, -0.2) is 46.2 Å². The van der Waals surface area contributed by atoms with Gasteiger partial charge in [-0.15, -0.1) is 11.3 Å². The van der Waals surface area contributed by atoms with Crippen molar-refractivity contribution in [1.29, 1.82) is 0 Å². The number of hydrogen-bond acceptors (Lipinski definition) is 7. The Kier molecular flexibility index (Phi) is 6.30. The third-order valence-electron chi connectivity index (χ3n) is 6.05. The van der Waals surface area contributed by atoms with Gasteiger partial charge >= 0.3 is 0 Å². The number of nitrogens with one attached hydrogen (secondary N) is 1. The van der Waals surface area contributed by atoms with Gasteiger partial charge in [-0.25, -0.2) is 9.67 Å². The average Bonchev–Trinajstić information content (AvgIpc) is 3.51. The van der Waals surface area contributed by atoms with Crippen LogP contribution in [0.5, 0.6) is 5.75 Å². The zero-order chi connectivity index (χ0) is 23.7. The molecule has 1 amide bonds. The van der Waals surface area contributed by atoms with Gasteiger partial charge in [0.25, 0.3) is 0 Å². The van der Waals surface area contributed by atoms with Crippen molar-refractivity contribution < 1.29 is 9.53 Å². The van der Waals surface area contributed by atoms with E-state index in [0.29, 0.717) is 42.1 Å². The summed E-state index contributed by atoms with van der Waals surface area (Å²) in [6.07, 6.45) is 3.16. The molecule has 0 aliphatic carbocycles. The van der Waals surface area contributed by atoms with E-state index in [4.69, 9.17) is 27.2 Å². The van der Waals surface area contributed by atoms with Crippen molar-refractivity contribution in [2.24, 2.45) is 10.7 Å². The van der Waals surface area contributed by atoms with E-state index in [1.807, 2.05) is 45.3 Å². The van der Waals surface area contributed by atoms with E-state index in [1.54, 1.807) is 11.3 Å². The SMILES string of the molecule is C=CC(=O)N1CCC[C@@H](n2nc(-c3ccc(OCc4cccs4)c(Cl)c3)c3c2NCN=C3N)C1. The Labute approximate surface area is 206 Å². The lowest BCUT2D eigenvalue weighted by molar-refractivity contribution is -0.127. The van der Waals surface area contributed by atoms with Crippen LogP contribution in [0.1, 0.15) is 29.3 Å². The lowest BCUT2D eigenvalue weighted by Gasteiger charge is -2.33. The molecule has 3 aromatic rings. The molecule has 176 valence electrons. The second kappa shape index (κ2) is 9.52. The molecule has 0 radical (unpaired) electrons. The largest absolute Gasteiger partial charge is 0.487 e. The molecule has 0 spiro atoms. The number of likely N-dealkylation sites (tertiary alicyclic amines) is 1. The predicted molar refractivity (Wildman–Crippen MR) is 136 cm³/mol. The van der Waals surface area contributed by atoms with Crippen LogP contribution in [0, 0.1) is 0 Å². The second-order valence-corrected chi connectivity index (χ2v) is 9.63. The molecule has 10 heteroatoms. The zero-order valence-electron chi connectivity index (χ0n) is 18.5. The van der Waals surface area contributed by atoms with E-state index < -0.39 is 0 Å². The number of amidine groups is 1. The van der Waals surface area contributed by atoms with Crippen LogP contribution in [0.15, 0.2) is 53.4 Å². The summed E-state index contributed by atoms with van der Waals surface area (Å²) in [5.41, 5.74) is 8.58. The summed E-state index contributed by atoms with van der Waals surface area (Å²) in [6, 6.07) is 9.66. The van der Waals surface area contributed by atoms with Gasteiger partial charge in [0, 0.05) is 23.5 Å². The number of ether oxygens (including phenoxy) is 1. The minimum absolute atomic E-state index is 0.0161. The van der Waals surface area contributed by atoms with E-state index in [-0.39, 0.29) is 11.9 Å². The number of nitrogens with zero attached hydrogens (tertiary/aromatic N) is 4. The zero-order valence-corrected chi connectivity index (χ0v) is 20.1. The number of aliphatic imine (C=N–C) groups is 1. The highest BCUT2D eigenvalue weighted by Gasteiger charge is 2.31. The molecule has 4 heterocycles. The number of amides is 1. The number of halogens is 1. The van der Waals surface area contributed by atoms with Crippen LogP contribution in [0.4, 0.5) is 5.82 Å². The number of fused-ring (bicyclic) bond motifs is 1. The number of carbonyl (C=O) groups excluding carboxylic acids is 1. The normalized spacial score (nSPS) is 17.5. The first-order chi connectivity index (χ1) is 16.5. The molecule has 0 unspecified atom stereocenters. The number of thiophene rings is 1. The quantitative estimate of drug-likeness (QED) is 0.496. The number of piperidine rings is 1. The summed E-state index contributed by atoms with van der Waals surface area (Å²) >= 11 is 8.22. The number of hydrogen-bond donors (Lipinski definition) is 2. The topological polar surface area (TPSA) is 97.8 Å². The van der Waals surface area contributed by atoms with Crippen molar-refractivity contribution in [1.82, 2.24) is 14.7 Å². The molecule has 2 aliphatic rings. The summed E-state index contributed by atoms with van der Waals surface area (Å²) < 4.78 is 7.85. The van der Waals surface area contributed by atoms with Gasteiger partial charge in [-0.2, -0.15) is 5.10 Å². The van der Waals surface area contributed by atoms with Crippen molar-refractivity contribution in [2.45, 2.75) is 25.5 Å².